The fraction of sp³-hybridized carbons (Fsp3) is 0.348. The van der Waals surface area contributed by atoms with Crippen molar-refractivity contribution < 1.29 is 27.6 Å². The third-order valence-electron chi connectivity index (χ3n) is 5.89. The summed E-state index contributed by atoms with van der Waals surface area (Å²) in [5.74, 6) is 0.864. The highest BCUT2D eigenvalue weighted by molar-refractivity contribution is 5.78. The van der Waals surface area contributed by atoms with Crippen LogP contribution in [0, 0.1) is 0 Å². The molecule has 0 radical (unpaired) electrons. The molecule has 0 amide bonds. The second-order valence-corrected chi connectivity index (χ2v) is 7.98. The normalized spacial score (nSPS) is 16.8. The minimum absolute atomic E-state index is 0.0496. The summed E-state index contributed by atoms with van der Waals surface area (Å²) in [6.45, 7) is 0.541. The number of aryl methyl sites for hydroxylation is 2. The second kappa shape index (κ2) is 9.62. The Labute approximate surface area is 193 Å². The molecule has 3 aromatic rings. The van der Waals surface area contributed by atoms with Crippen molar-refractivity contribution in [1.29, 1.82) is 0 Å². The summed E-state index contributed by atoms with van der Waals surface area (Å²) in [4.78, 5) is 5.91. The quantitative estimate of drug-likeness (QED) is 0.235. The first-order valence-electron chi connectivity index (χ1n) is 10.7. The van der Waals surface area contributed by atoms with Gasteiger partial charge >= 0.3 is 6.18 Å². The summed E-state index contributed by atoms with van der Waals surface area (Å²) >= 11 is 0. The first-order valence-corrected chi connectivity index (χ1v) is 10.7. The number of methoxy groups -OCH3 is 1. The number of halogens is 3. The van der Waals surface area contributed by atoms with Crippen LogP contribution in [0.3, 0.4) is 0 Å². The van der Waals surface area contributed by atoms with Gasteiger partial charge < -0.3 is 25.1 Å². The molecule has 2 heterocycles. The van der Waals surface area contributed by atoms with Gasteiger partial charge in [0, 0.05) is 12.1 Å². The highest BCUT2D eigenvalue weighted by Crippen LogP contribution is 2.36. The van der Waals surface area contributed by atoms with Crippen LogP contribution >= 0.6 is 0 Å². The van der Waals surface area contributed by atoms with Crippen molar-refractivity contribution in [3.8, 4) is 17.1 Å². The minimum atomic E-state index is -4.54. The number of hydrogen-bond acceptors (Lipinski definition) is 6. The van der Waals surface area contributed by atoms with E-state index in [1.807, 2.05) is 12.1 Å². The molecule has 11 heteroatoms. The van der Waals surface area contributed by atoms with E-state index in [4.69, 9.17) is 20.2 Å². The Bertz CT molecular complexity index is 1160. The lowest BCUT2D eigenvalue weighted by Gasteiger charge is -2.21. The van der Waals surface area contributed by atoms with Gasteiger partial charge in [0.05, 0.1) is 12.7 Å². The van der Waals surface area contributed by atoms with E-state index in [0.29, 0.717) is 25.1 Å². The maximum atomic E-state index is 13.9. The van der Waals surface area contributed by atoms with Crippen LogP contribution in [0.15, 0.2) is 52.1 Å². The van der Waals surface area contributed by atoms with Crippen LogP contribution < -0.4 is 10.5 Å². The topological polar surface area (TPSA) is 110 Å². The van der Waals surface area contributed by atoms with Crippen molar-refractivity contribution in [2.24, 2.45) is 10.9 Å². The van der Waals surface area contributed by atoms with Crippen LogP contribution in [0.25, 0.3) is 11.4 Å². The number of guanidine groups is 1. The Morgan fingerprint density at radius 3 is 2.68 bits per heavy atom. The number of rotatable bonds is 6. The monoisotopic (exact) mass is 475 g/mol. The van der Waals surface area contributed by atoms with E-state index in [-0.39, 0.29) is 35.2 Å². The molecule has 180 valence electrons. The van der Waals surface area contributed by atoms with Gasteiger partial charge in [0.2, 0.25) is 17.7 Å². The third-order valence-corrected chi connectivity index (χ3v) is 5.89. The summed E-state index contributed by atoms with van der Waals surface area (Å²) in [5.41, 5.74) is 6.26. The molecule has 1 aliphatic rings. The molecule has 2 aromatic carbocycles. The van der Waals surface area contributed by atoms with Crippen molar-refractivity contribution in [3.63, 3.8) is 0 Å². The predicted molar refractivity (Wildman–Crippen MR) is 117 cm³/mol. The maximum Gasteiger partial charge on any atom is 0.416 e. The lowest BCUT2D eigenvalue weighted by molar-refractivity contribution is -0.138. The van der Waals surface area contributed by atoms with Crippen molar-refractivity contribution in [3.05, 3.63) is 65.0 Å². The van der Waals surface area contributed by atoms with Crippen molar-refractivity contribution in [2.45, 2.75) is 37.9 Å². The number of nitrogens with zero attached hydrogens (tertiary/aromatic N) is 4. The average Bonchev–Trinajstić information content (AvgIpc) is 3.51. The zero-order chi connectivity index (χ0) is 24.3. The summed E-state index contributed by atoms with van der Waals surface area (Å²) in [5, 5.41) is 15.8. The number of alkyl halides is 3. The Kier molecular flexibility index (Phi) is 6.62. The number of oxime groups is 1. The van der Waals surface area contributed by atoms with Crippen LogP contribution in [-0.2, 0) is 19.0 Å². The SMILES string of the molecule is COc1ccc(CCc2ccc(-c3noc([C@@H]4CCCN4/C(N)=N\O)n3)cc2C(F)(F)F)cc1. The molecule has 0 unspecified atom stereocenters. The van der Waals surface area contributed by atoms with E-state index in [9.17, 15) is 13.2 Å². The number of benzene rings is 2. The molecule has 8 nitrogen and oxygen atoms in total. The van der Waals surface area contributed by atoms with Crippen molar-refractivity contribution in [2.75, 3.05) is 13.7 Å². The molecule has 0 spiro atoms. The first-order chi connectivity index (χ1) is 16.3. The molecule has 0 bridgehead atoms. The third kappa shape index (κ3) is 4.92. The van der Waals surface area contributed by atoms with Gasteiger partial charge in [-0.2, -0.15) is 18.2 Å². The maximum absolute atomic E-state index is 13.9. The van der Waals surface area contributed by atoms with Gasteiger partial charge in [-0.1, -0.05) is 34.6 Å². The van der Waals surface area contributed by atoms with Crippen LogP contribution in [0.1, 0.15) is 41.5 Å². The average molecular weight is 475 g/mol. The zero-order valence-corrected chi connectivity index (χ0v) is 18.4. The molecule has 4 rings (SSSR count). The molecule has 1 saturated heterocycles. The van der Waals surface area contributed by atoms with Crippen LogP contribution in [-0.4, -0.2) is 39.9 Å². The summed E-state index contributed by atoms with van der Waals surface area (Å²) in [6, 6.07) is 10.9. The Morgan fingerprint density at radius 2 is 2.00 bits per heavy atom. The number of aromatic nitrogens is 2. The summed E-state index contributed by atoms with van der Waals surface area (Å²) in [6.07, 6.45) is -2.47. The zero-order valence-electron chi connectivity index (χ0n) is 18.4. The van der Waals surface area contributed by atoms with E-state index in [0.717, 1.165) is 18.1 Å². The first kappa shape index (κ1) is 23.4. The van der Waals surface area contributed by atoms with Gasteiger partial charge in [0.1, 0.15) is 11.8 Å². The molecule has 1 aromatic heterocycles. The Morgan fingerprint density at radius 1 is 1.24 bits per heavy atom. The fourth-order valence-corrected chi connectivity index (χ4v) is 4.11. The number of nitrogens with two attached hydrogens (primary N) is 1. The largest absolute Gasteiger partial charge is 0.497 e. The lowest BCUT2D eigenvalue weighted by atomic mass is 9.97. The molecule has 0 saturated carbocycles. The van der Waals surface area contributed by atoms with Gasteiger partial charge in [-0.25, -0.2) is 0 Å². The van der Waals surface area contributed by atoms with E-state index < -0.39 is 17.8 Å². The van der Waals surface area contributed by atoms with Gasteiger partial charge in [0.25, 0.3) is 0 Å². The summed E-state index contributed by atoms with van der Waals surface area (Å²) < 4.78 is 52.0. The number of likely N-dealkylation sites (tertiary alicyclic amines) is 1. The van der Waals surface area contributed by atoms with E-state index in [2.05, 4.69) is 15.3 Å². The number of hydrogen-bond donors (Lipinski definition) is 2. The number of ether oxygens (including phenoxy) is 1. The molecule has 0 aliphatic carbocycles. The molecular formula is C23H24F3N5O3. The Hall–Kier alpha value is -3.76. The molecule has 1 atom stereocenters. The highest BCUT2D eigenvalue weighted by Gasteiger charge is 2.35. The van der Waals surface area contributed by atoms with Gasteiger partial charge in [0.15, 0.2) is 0 Å². The van der Waals surface area contributed by atoms with Crippen LogP contribution in [0.5, 0.6) is 5.75 Å². The highest BCUT2D eigenvalue weighted by atomic mass is 19.4. The van der Waals surface area contributed by atoms with Crippen LogP contribution in [0.4, 0.5) is 13.2 Å². The molecular weight excluding hydrogens is 451 g/mol. The van der Waals surface area contributed by atoms with Crippen molar-refractivity contribution >= 4 is 5.96 Å². The van der Waals surface area contributed by atoms with E-state index in [1.165, 1.54) is 6.07 Å². The lowest BCUT2D eigenvalue weighted by Crippen LogP contribution is -2.36. The van der Waals surface area contributed by atoms with Gasteiger partial charge in [-0.3, -0.25) is 0 Å². The predicted octanol–water partition coefficient (Wildman–Crippen LogP) is 4.39. The standard InChI is InChI=1S/C23H24F3N5O3/c1-33-17-10-5-14(6-11-17)4-7-15-8-9-16(13-18(15)23(24,25)26)20-28-21(34-30-20)19-3-2-12-31(19)22(27)29-32/h5-6,8-11,13,19,32H,2-4,7,12H2,1H3,(H2,27,29)/t19-/m0/s1. The molecule has 1 aliphatic heterocycles. The Balaban J connectivity index is 1.56. The summed E-state index contributed by atoms with van der Waals surface area (Å²) in [7, 11) is 1.56. The van der Waals surface area contributed by atoms with E-state index in [1.54, 1.807) is 30.2 Å². The fourth-order valence-electron chi connectivity index (χ4n) is 4.11. The van der Waals surface area contributed by atoms with E-state index >= 15 is 0 Å². The molecule has 3 N–H and O–H groups in total. The second-order valence-electron chi connectivity index (χ2n) is 7.98. The van der Waals surface area contributed by atoms with Gasteiger partial charge in [-0.05, 0) is 55.0 Å². The van der Waals surface area contributed by atoms with Crippen LogP contribution in [0.2, 0.25) is 0 Å². The van der Waals surface area contributed by atoms with Gasteiger partial charge in [-0.15, -0.1) is 0 Å². The van der Waals surface area contributed by atoms with Crippen molar-refractivity contribution in [1.82, 2.24) is 15.0 Å². The molecule has 34 heavy (non-hydrogen) atoms. The molecule has 1 fully saturated rings. The minimum Gasteiger partial charge on any atom is -0.497 e. The smallest absolute Gasteiger partial charge is 0.416 e.